The molecule has 1 atom stereocenters. The number of rotatable bonds is 2. The van der Waals surface area contributed by atoms with Gasteiger partial charge in [-0.3, -0.25) is 4.90 Å². The zero-order chi connectivity index (χ0) is 9.97. The molecule has 0 radical (unpaired) electrons. The van der Waals surface area contributed by atoms with Gasteiger partial charge in [-0.1, -0.05) is 11.6 Å². The lowest BCUT2D eigenvalue weighted by atomic mass is 10.1. The van der Waals surface area contributed by atoms with E-state index in [4.69, 9.17) is 17.3 Å². The van der Waals surface area contributed by atoms with Crippen LogP contribution in [0.3, 0.4) is 0 Å². The minimum Gasteiger partial charge on any atom is -0.327 e. The third kappa shape index (κ3) is 3.61. The molecule has 0 aromatic carbocycles. The van der Waals surface area contributed by atoms with Gasteiger partial charge >= 0.3 is 0 Å². The molecule has 1 aliphatic heterocycles. The Morgan fingerprint density at radius 1 is 1.60 bits per heavy atom. The van der Waals surface area contributed by atoms with Crippen molar-refractivity contribution in [3.63, 3.8) is 0 Å². The molecule has 2 heterocycles. The first kappa shape index (κ1) is 13.3. The molecule has 0 amide bonds. The third-order valence-electron chi connectivity index (χ3n) is 2.60. The molecule has 1 fully saturated rings. The van der Waals surface area contributed by atoms with Crippen molar-refractivity contribution in [2.75, 3.05) is 13.1 Å². The smallest absolute Gasteiger partial charge is 0.0558 e. The van der Waals surface area contributed by atoms with E-state index in [1.54, 1.807) is 11.3 Å². The monoisotopic (exact) mass is 266 g/mol. The van der Waals surface area contributed by atoms with Crippen LogP contribution in [-0.4, -0.2) is 24.0 Å². The molecule has 1 saturated heterocycles. The van der Waals surface area contributed by atoms with E-state index in [0.29, 0.717) is 6.04 Å². The van der Waals surface area contributed by atoms with E-state index in [-0.39, 0.29) is 12.4 Å². The fourth-order valence-electron chi connectivity index (χ4n) is 1.88. The largest absolute Gasteiger partial charge is 0.327 e. The molecule has 1 aromatic heterocycles. The van der Waals surface area contributed by atoms with Gasteiger partial charge in [-0.15, -0.1) is 23.7 Å². The number of halogens is 2. The zero-order valence-electron chi connectivity index (χ0n) is 8.49. The molecule has 86 valence electrons. The van der Waals surface area contributed by atoms with Crippen LogP contribution in [-0.2, 0) is 6.54 Å². The number of hydrogen-bond donors (Lipinski definition) is 1. The number of piperidine rings is 1. The van der Waals surface area contributed by atoms with E-state index < -0.39 is 0 Å². The fraction of sp³-hybridized carbons (Fsp3) is 0.600. The summed E-state index contributed by atoms with van der Waals surface area (Å²) in [6.45, 7) is 3.13. The number of nitrogens with two attached hydrogens (primary N) is 1. The van der Waals surface area contributed by atoms with Crippen molar-refractivity contribution < 1.29 is 0 Å². The van der Waals surface area contributed by atoms with Gasteiger partial charge in [-0.2, -0.15) is 0 Å². The number of hydrogen-bond acceptors (Lipinski definition) is 3. The van der Waals surface area contributed by atoms with Crippen molar-refractivity contribution in [2.24, 2.45) is 5.73 Å². The maximum absolute atomic E-state index is 6.05. The van der Waals surface area contributed by atoms with E-state index in [2.05, 4.69) is 4.90 Å². The minimum atomic E-state index is 0. The quantitative estimate of drug-likeness (QED) is 0.892. The first-order valence-electron chi connectivity index (χ1n) is 4.95. The Labute approximate surface area is 106 Å². The molecule has 2 rings (SSSR count). The summed E-state index contributed by atoms with van der Waals surface area (Å²) in [5.41, 5.74) is 5.92. The van der Waals surface area contributed by atoms with Gasteiger partial charge in [0.25, 0.3) is 0 Å². The van der Waals surface area contributed by atoms with Crippen LogP contribution in [0.4, 0.5) is 0 Å². The highest BCUT2D eigenvalue weighted by molar-refractivity contribution is 7.10. The van der Waals surface area contributed by atoms with Crippen molar-refractivity contribution >= 4 is 35.3 Å². The molecule has 1 unspecified atom stereocenters. The van der Waals surface area contributed by atoms with Crippen LogP contribution >= 0.6 is 35.3 Å². The van der Waals surface area contributed by atoms with E-state index in [0.717, 1.165) is 31.1 Å². The Morgan fingerprint density at radius 2 is 2.40 bits per heavy atom. The van der Waals surface area contributed by atoms with Crippen LogP contribution in [0.15, 0.2) is 11.4 Å². The van der Waals surface area contributed by atoms with E-state index in [1.807, 2.05) is 11.4 Å². The highest BCUT2D eigenvalue weighted by Gasteiger charge is 2.17. The Hall–Kier alpha value is 0.200. The molecular weight excluding hydrogens is 251 g/mol. The topological polar surface area (TPSA) is 29.3 Å². The van der Waals surface area contributed by atoms with Gasteiger partial charge in [-0.25, -0.2) is 0 Å². The van der Waals surface area contributed by atoms with Crippen molar-refractivity contribution in [3.8, 4) is 0 Å². The molecule has 5 heteroatoms. The highest BCUT2D eigenvalue weighted by Crippen LogP contribution is 2.24. The lowest BCUT2D eigenvalue weighted by Gasteiger charge is -2.30. The Bertz CT molecular complexity index is 303. The maximum Gasteiger partial charge on any atom is 0.0558 e. The van der Waals surface area contributed by atoms with E-state index >= 15 is 0 Å². The molecule has 0 saturated carbocycles. The van der Waals surface area contributed by atoms with Crippen LogP contribution in [0.2, 0.25) is 5.02 Å². The first-order chi connectivity index (χ1) is 6.75. The zero-order valence-corrected chi connectivity index (χ0v) is 10.9. The average Bonchev–Trinajstić information content (AvgIpc) is 2.52. The summed E-state index contributed by atoms with van der Waals surface area (Å²) < 4.78 is 0. The Balaban J connectivity index is 0.00000112. The van der Waals surface area contributed by atoms with Crippen LogP contribution < -0.4 is 5.73 Å². The third-order valence-corrected chi connectivity index (χ3v) is 3.97. The summed E-state index contributed by atoms with van der Waals surface area (Å²) in [6.07, 6.45) is 2.37. The molecule has 0 spiro atoms. The predicted molar refractivity (Wildman–Crippen MR) is 69.1 cm³/mol. The summed E-state index contributed by atoms with van der Waals surface area (Å²) in [5, 5.41) is 2.94. The van der Waals surface area contributed by atoms with Gasteiger partial charge in [0.1, 0.15) is 0 Å². The van der Waals surface area contributed by atoms with Gasteiger partial charge in [0, 0.05) is 24.0 Å². The van der Waals surface area contributed by atoms with Crippen LogP contribution in [0.5, 0.6) is 0 Å². The normalized spacial score (nSPS) is 22.4. The van der Waals surface area contributed by atoms with Gasteiger partial charge in [-0.05, 0) is 30.8 Å². The number of nitrogens with zero attached hydrogens (tertiary/aromatic N) is 1. The Kier molecular flexibility index (Phi) is 5.36. The molecule has 0 bridgehead atoms. The first-order valence-corrected chi connectivity index (χ1v) is 6.21. The van der Waals surface area contributed by atoms with Crippen LogP contribution in [0.1, 0.15) is 17.7 Å². The second kappa shape index (κ2) is 6.06. The predicted octanol–water partition coefficient (Wildman–Crippen LogP) is 2.75. The summed E-state index contributed by atoms with van der Waals surface area (Å²) in [6, 6.07) is 2.31. The summed E-state index contributed by atoms with van der Waals surface area (Å²) in [7, 11) is 0. The number of likely N-dealkylation sites (tertiary alicyclic amines) is 1. The van der Waals surface area contributed by atoms with E-state index in [9.17, 15) is 0 Å². The summed E-state index contributed by atoms with van der Waals surface area (Å²) in [5.74, 6) is 0. The van der Waals surface area contributed by atoms with Crippen molar-refractivity contribution in [3.05, 3.63) is 21.3 Å². The molecule has 0 aliphatic carbocycles. The minimum absolute atomic E-state index is 0. The van der Waals surface area contributed by atoms with Gasteiger partial charge in [0.05, 0.1) is 5.02 Å². The lowest BCUT2D eigenvalue weighted by Crippen LogP contribution is -2.42. The molecular formula is C10H16Cl2N2S. The van der Waals surface area contributed by atoms with E-state index in [1.165, 1.54) is 11.3 Å². The lowest BCUT2D eigenvalue weighted by molar-refractivity contribution is 0.203. The van der Waals surface area contributed by atoms with Gasteiger partial charge in [0.2, 0.25) is 0 Å². The molecule has 2 nitrogen and oxygen atoms in total. The average molecular weight is 267 g/mol. The number of thiophene rings is 1. The maximum atomic E-state index is 6.05. The summed E-state index contributed by atoms with van der Waals surface area (Å²) in [4.78, 5) is 3.66. The summed E-state index contributed by atoms with van der Waals surface area (Å²) >= 11 is 7.78. The van der Waals surface area contributed by atoms with Crippen molar-refractivity contribution in [1.82, 2.24) is 4.90 Å². The van der Waals surface area contributed by atoms with Crippen molar-refractivity contribution in [1.29, 1.82) is 0 Å². The van der Waals surface area contributed by atoms with Crippen molar-refractivity contribution in [2.45, 2.75) is 25.4 Å². The standard InChI is InChI=1S/C10H15ClN2S.ClH/c11-9-3-5-14-10(9)7-13-4-1-2-8(12)6-13;/h3,5,8H,1-2,4,6-7,12H2;1H. The molecule has 1 aliphatic rings. The molecule has 1 aromatic rings. The second-order valence-electron chi connectivity index (χ2n) is 3.83. The van der Waals surface area contributed by atoms with Gasteiger partial charge < -0.3 is 5.73 Å². The van der Waals surface area contributed by atoms with Crippen LogP contribution in [0.25, 0.3) is 0 Å². The fourth-order valence-corrected chi connectivity index (χ4v) is 3.01. The Morgan fingerprint density at radius 3 is 3.00 bits per heavy atom. The SMILES string of the molecule is Cl.NC1CCCN(Cc2sccc2Cl)C1. The van der Waals surface area contributed by atoms with Crippen LogP contribution in [0, 0.1) is 0 Å². The molecule has 2 N–H and O–H groups in total. The molecule has 15 heavy (non-hydrogen) atoms. The van der Waals surface area contributed by atoms with Gasteiger partial charge in [0.15, 0.2) is 0 Å². The highest BCUT2D eigenvalue weighted by atomic mass is 35.5. The second-order valence-corrected chi connectivity index (χ2v) is 5.24.